The van der Waals surface area contributed by atoms with Crippen LogP contribution < -0.4 is 21.4 Å². The van der Waals surface area contributed by atoms with Crippen molar-refractivity contribution < 1.29 is 24.7 Å². The third kappa shape index (κ3) is 9.14. The molecule has 0 bridgehead atoms. The highest BCUT2D eigenvalue weighted by molar-refractivity contribution is 5.91. The Balaban J connectivity index is 2.54. The van der Waals surface area contributed by atoms with E-state index in [4.69, 9.17) is 10.3 Å². The summed E-state index contributed by atoms with van der Waals surface area (Å²) in [6.07, 6.45) is 2.00. The summed E-state index contributed by atoms with van der Waals surface area (Å²) in [6.45, 7) is 7.89. The normalized spacial score (nSPS) is 17.3. The molecule has 0 aromatic carbocycles. The number of aliphatic carboxylic acids is 1. The highest BCUT2D eigenvalue weighted by Gasteiger charge is 2.27. The molecule has 0 aromatic heterocycles. The Kier molecular flexibility index (Phi) is 10.9. The second-order valence-electron chi connectivity index (χ2n) is 7.11. The zero-order valence-corrected chi connectivity index (χ0v) is 16.2. The van der Waals surface area contributed by atoms with Crippen LogP contribution in [0.15, 0.2) is 0 Å². The van der Waals surface area contributed by atoms with Crippen molar-refractivity contribution in [1.82, 2.24) is 26.3 Å². The molecule has 1 aliphatic rings. The zero-order chi connectivity index (χ0) is 20.2. The third-order valence-corrected chi connectivity index (χ3v) is 4.56. The Morgan fingerprint density at radius 2 is 1.78 bits per heavy atom. The Morgan fingerprint density at radius 1 is 1.11 bits per heavy atom. The van der Waals surface area contributed by atoms with E-state index in [-0.39, 0.29) is 5.92 Å². The van der Waals surface area contributed by atoms with Crippen LogP contribution in [-0.2, 0) is 14.4 Å². The van der Waals surface area contributed by atoms with E-state index in [0.717, 1.165) is 39.1 Å². The van der Waals surface area contributed by atoms with E-state index in [0.29, 0.717) is 12.8 Å². The summed E-state index contributed by atoms with van der Waals surface area (Å²) < 4.78 is 0. The molecule has 0 aromatic rings. The first-order valence-corrected chi connectivity index (χ1v) is 9.47. The SMILES string of the molecule is CC(C)[C@H](NO)C(=O)N[C@@H](CCCCN1CCNCC1)C(=O)NCC(=O)O. The molecule has 0 radical (unpaired) electrons. The first-order chi connectivity index (χ1) is 12.8. The number of rotatable bonds is 12. The molecule has 156 valence electrons. The van der Waals surface area contributed by atoms with Gasteiger partial charge in [-0.05, 0) is 31.7 Å². The molecule has 1 heterocycles. The van der Waals surface area contributed by atoms with Crippen LogP contribution in [-0.4, -0.2) is 84.3 Å². The first kappa shape index (κ1) is 23.3. The summed E-state index contributed by atoms with van der Waals surface area (Å²) in [7, 11) is 0. The summed E-state index contributed by atoms with van der Waals surface area (Å²) in [5.74, 6) is -2.35. The topological polar surface area (TPSA) is 143 Å². The molecule has 0 aliphatic carbocycles. The molecule has 0 spiro atoms. The van der Waals surface area contributed by atoms with Gasteiger partial charge in [-0.3, -0.25) is 14.4 Å². The minimum absolute atomic E-state index is 0.176. The molecular weight excluding hydrogens is 354 g/mol. The van der Waals surface area contributed by atoms with Crippen LogP contribution >= 0.6 is 0 Å². The van der Waals surface area contributed by atoms with Gasteiger partial charge in [0, 0.05) is 26.2 Å². The lowest BCUT2D eigenvalue weighted by Crippen LogP contribution is -2.54. The van der Waals surface area contributed by atoms with E-state index in [1.165, 1.54) is 0 Å². The molecule has 1 aliphatic heterocycles. The largest absolute Gasteiger partial charge is 0.480 e. The van der Waals surface area contributed by atoms with Gasteiger partial charge in [0.05, 0.1) is 0 Å². The maximum atomic E-state index is 12.3. The predicted octanol–water partition coefficient (Wildman–Crippen LogP) is -1.25. The number of carboxylic acids is 1. The van der Waals surface area contributed by atoms with Crippen molar-refractivity contribution in [3.05, 3.63) is 0 Å². The molecule has 1 saturated heterocycles. The standard InChI is InChI=1S/C17H33N5O5/c1-12(2)15(21-27)17(26)20-13(16(25)19-11-14(23)24)5-3-4-8-22-9-6-18-7-10-22/h12-13,15,18,21,27H,3-11H2,1-2H3,(H,19,25)(H,20,26)(H,23,24)/t13-,15-/m0/s1. The number of carboxylic acid groups (broad SMARTS) is 1. The molecule has 10 heteroatoms. The van der Waals surface area contributed by atoms with Crippen molar-refractivity contribution in [2.45, 2.75) is 45.2 Å². The van der Waals surface area contributed by atoms with Crippen molar-refractivity contribution in [1.29, 1.82) is 0 Å². The van der Waals surface area contributed by atoms with Crippen LogP contribution in [0.1, 0.15) is 33.1 Å². The number of nitrogens with zero attached hydrogens (tertiary/aromatic N) is 1. The predicted molar refractivity (Wildman–Crippen MR) is 99.3 cm³/mol. The molecule has 27 heavy (non-hydrogen) atoms. The van der Waals surface area contributed by atoms with E-state index in [1.807, 2.05) is 5.48 Å². The van der Waals surface area contributed by atoms with Crippen molar-refractivity contribution in [2.75, 3.05) is 39.3 Å². The van der Waals surface area contributed by atoms with Crippen LogP contribution in [0.25, 0.3) is 0 Å². The van der Waals surface area contributed by atoms with Crippen LogP contribution in [0.5, 0.6) is 0 Å². The van der Waals surface area contributed by atoms with E-state index in [1.54, 1.807) is 13.8 Å². The molecule has 6 N–H and O–H groups in total. The van der Waals surface area contributed by atoms with Crippen LogP contribution in [0.4, 0.5) is 0 Å². The van der Waals surface area contributed by atoms with Gasteiger partial charge in [0.2, 0.25) is 11.8 Å². The number of unbranched alkanes of at least 4 members (excludes halogenated alkanes) is 1. The number of carbonyl (C=O) groups excluding carboxylic acids is 2. The van der Waals surface area contributed by atoms with Gasteiger partial charge in [-0.2, -0.15) is 5.48 Å². The summed E-state index contributed by atoms with van der Waals surface area (Å²) in [4.78, 5) is 37.6. The molecule has 0 unspecified atom stereocenters. The van der Waals surface area contributed by atoms with Gasteiger partial charge in [0.15, 0.2) is 0 Å². The zero-order valence-electron chi connectivity index (χ0n) is 16.2. The highest BCUT2D eigenvalue weighted by Crippen LogP contribution is 2.07. The van der Waals surface area contributed by atoms with Gasteiger partial charge in [-0.15, -0.1) is 0 Å². The summed E-state index contributed by atoms with van der Waals surface area (Å²) in [5, 5.41) is 26.1. The number of hydroxylamine groups is 1. The van der Waals surface area contributed by atoms with E-state index < -0.39 is 36.4 Å². The number of hydrogen-bond acceptors (Lipinski definition) is 7. The van der Waals surface area contributed by atoms with Crippen molar-refractivity contribution in [2.24, 2.45) is 5.92 Å². The van der Waals surface area contributed by atoms with E-state index in [9.17, 15) is 14.4 Å². The van der Waals surface area contributed by atoms with Crippen LogP contribution in [0.2, 0.25) is 0 Å². The van der Waals surface area contributed by atoms with E-state index in [2.05, 4.69) is 20.9 Å². The number of amides is 2. The number of nitrogens with one attached hydrogen (secondary N) is 4. The number of hydrogen-bond donors (Lipinski definition) is 6. The highest BCUT2D eigenvalue weighted by atomic mass is 16.5. The fourth-order valence-corrected chi connectivity index (χ4v) is 2.95. The van der Waals surface area contributed by atoms with E-state index >= 15 is 0 Å². The second-order valence-corrected chi connectivity index (χ2v) is 7.11. The van der Waals surface area contributed by atoms with Crippen molar-refractivity contribution in [3.63, 3.8) is 0 Å². The van der Waals surface area contributed by atoms with Gasteiger partial charge in [-0.25, -0.2) is 0 Å². The van der Waals surface area contributed by atoms with Crippen molar-refractivity contribution >= 4 is 17.8 Å². The Morgan fingerprint density at radius 3 is 2.33 bits per heavy atom. The van der Waals surface area contributed by atoms with Gasteiger partial charge < -0.3 is 31.2 Å². The number of carbonyl (C=O) groups is 3. The molecular formula is C17H33N5O5. The average Bonchev–Trinajstić information content (AvgIpc) is 2.63. The van der Waals surface area contributed by atoms with Crippen LogP contribution in [0.3, 0.4) is 0 Å². The molecule has 2 amide bonds. The molecule has 0 saturated carbocycles. The summed E-state index contributed by atoms with van der Waals surface area (Å²) in [5.41, 5.74) is 1.96. The summed E-state index contributed by atoms with van der Waals surface area (Å²) in [6, 6.07) is -1.69. The first-order valence-electron chi connectivity index (χ1n) is 9.47. The minimum atomic E-state index is -1.15. The third-order valence-electron chi connectivity index (χ3n) is 4.56. The number of piperazine rings is 1. The molecule has 1 rings (SSSR count). The van der Waals surface area contributed by atoms with Gasteiger partial charge >= 0.3 is 5.97 Å². The quantitative estimate of drug-likeness (QED) is 0.180. The fourth-order valence-electron chi connectivity index (χ4n) is 2.95. The maximum Gasteiger partial charge on any atom is 0.322 e. The van der Waals surface area contributed by atoms with Gasteiger partial charge in [0.1, 0.15) is 18.6 Å². The molecule has 1 fully saturated rings. The lowest BCUT2D eigenvalue weighted by molar-refractivity contribution is -0.138. The Labute approximate surface area is 160 Å². The van der Waals surface area contributed by atoms with Crippen molar-refractivity contribution in [3.8, 4) is 0 Å². The van der Waals surface area contributed by atoms with Gasteiger partial charge in [-0.1, -0.05) is 13.8 Å². The lowest BCUT2D eigenvalue weighted by Gasteiger charge is -2.27. The minimum Gasteiger partial charge on any atom is -0.480 e. The molecule has 2 atom stereocenters. The molecule has 10 nitrogen and oxygen atoms in total. The monoisotopic (exact) mass is 387 g/mol. The Bertz CT molecular complexity index is 482. The fraction of sp³-hybridized carbons (Fsp3) is 0.824. The van der Waals surface area contributed by atoms with Gasteiger partial charge in [0.25, 0.3) is 0 Å². The summed E-state index contributed by atoms with van der Waals surface area (Å²) >= 11 is 0. The second kappa shape index (κ2) is 12.6. The maximum absolute atomic E-state index is 12.3. The lowest BCUT2D eigenvalue weighted by atomic mass is 10.0. The van der Waals surface area contributed by atoms with Crippen LogP contribution in [0, 0.1) is 5.92 Å². The smallest absolute Gasteiger partial charge is 0.322 e. The Hall–Kier alpha value is -1.75. The average molecular weight is 387 g/mol.